The molecule has 0 radical (unpaired) electrons. The highest BCUT2D eigenvalue weighted by atomic mass is 15.1. The summed E-state index contributed by atoms with van der Waals surface area (Å²) < 4.78 is 2.47. The van der Waals surface area contributed by atoms with Gasteiger partial charge in [-0.3, -0.25) is 0 Å². The molecule has 0 spiro atoms. The van der Waals surface area contributed by atoms with Crippen LogP contribution in [0.1, 0.15) is 49.9 Å². The first kappa shape index (κ1) is 32.8. The van der Waals surface area contributed by atoms with Gasteiger partial charge in [-0.15, -0.1) is 0 Å². The molecule has 0 aliphatic heterocycles. The molecule has 268 valence electrons. The molecule has 9 aromatic rings. The average Bonchev–Trinajstić information content (AvgIpc) is 3.78. The van der Waals surface area contributed by atoms with Crippen molar-refractivity contribution in [2.75, 3.05) is 4.90 Å². The highest BCUT2D eigenvalue weighted by molar-refractivity contribution is 6.10. The maximum atomic E-state index is 2.47. The van der Waals surface area contributed by atoms with E-state index in [0.717, 1.165) is 17.1 Å². The van der Waals surface area contributed by atoms with Gasteiger partial charge in [0.05, 0.1) is 16.7 Å². The van der Waals surface area contributed by atoms with Gasteiger partial charge < -0.3 is 9.47 Å². The predicted octanol–water partition coefficient (Wildman–Crippen LogP) is 14.5. The van der Waals surface area contributed by atoms with E-state index < -0.39 is 0 Å². The molecule has 56 heavy (non-hydrogen) atoms. The summed E-state index contributed by atoms with van der Waals surface area (Å²) in [5.41, 5.74) is 20.2. The number of aromatic nitrogens is 1. The van der Waals surface area contributed by atoms with Crippen molar-refractivity contribution in [2.24, 2.45) is 0 Å². The zero-order chi connectivity index (χ0) is 37.8. The molecule has 0 saturated heterocycles. The van der Waals surface area contributed by atoms with E-state index in [2.05, 4.69) is 219 Å². The van der Waals surface area contributed by atoms with Gasteiger partial charge in [-0.05, 0) is 111 Å². The number of para-hydroxylation sites is 3. The van der Waals surface area contributed by atoms with E-state index >= 15 is 0 Å². The number of rotatable bonds is 5. The number of hydrogen-bond acceptors (Lipinski definition) is 1. The summed E-state index contributed by atoms with van der Waals surface area (Å²) in [5.74, 6) is 0. The van der Waals surface area contributed by atoms with E-state index in [-0.39, 0.29) is 10.8 Å². The van der Waals surface area contributed by atoms with Gasteiger partial charge in [0.2, 0.25) is 0 Å². The van der Waals surface area contributed by atoms with Crippen molar-refractivity contribution in [1.82, 2.24) is 4.57 Å². The molecule has 0 bridgehead atoms. The SMILES string of the molecule is CC1(C)c2ccccc2-c2ccc(-c3ccc(N(c4ccccc4)c4ccc5c(c4)C(C)(C)c4cccc(-n6c7ccccc7c7ccccc76)c4-5)cc3)cc21. The first-order valence-corrected chi connectivity index (χ1v) is 19.8. The molecule has 0 N–H and O–H groups in total. The Labute approximate surface area is 328 Å². The highest BCUT2D eigenvalue weighted by Gasteiger charge is 2.38. The summed E-state index contributed by atoms with van der Waals surface area (Å²) in [7, 11) is 0. The molecule has 2 aliphatic rings. The lowest BCUT2D eigenvalue weighted by molar-refractivity contribution is 0.660. The van der Waals surface area contributed by atoms with E-state index in [1.165, 1.54) is 83.1 Å². The van der Waals surface area contributed by atoms with Gasteiger partial charge in [0.25, 0.3) is 0 Å². The van der Waals surface area contributed by atoms with Gasteiger partial charge >= 0.3 is 0 Å². The van der Waals surface area contributed by atoms with Crippen LogP contribution in [0.2, 0.25) is 0 Å². The van der Waals surface area contributed by atoms with Crippen molar-refractivity contribution >= 4 is 38.9 Å². The Bertz CT molecular complexity index is 2960. The maximum absolute atomic E-state index is 2.47. The fourth-order valence-electron chi connectivity index (χ4n) is 9.98. The molecule has 0 atom stereocenters. The van der Waals surface area contributed by atoms with Crippen LogP contribution in [-0.2, 0) is 10.8 Å². The lowest BCUT2D eigenvalue weighted by Crippen LogP contribution is -2.16. The lowest BCUT2D eigenvalue weighted by Gasteiger charge is -2.28. The van der Waals surface area contributed by atoms with Crippen LogP contribution in [0.25, 0.3) is 60.9 Å². The summed E-state index contributed by atoms with van der Waals surface area (Å²) >= 11 is 0. The van der Waals surface area contributed by atoms with Crippen molar-refractivity contribution in [3.63, 3.8) is 0 Å². The summed E-state index contributed by atoms with van der Waals surface area (Å²) in [6, 6.07) is 67.4. The van der Waals surface area contributed by atoms with E-state index in [1.807, 2.05) is 0 Å². The van der Waals surface area contributed by atoms with E-state index in [4.69, 9.17) is 0 Å². The van der Waals surface area contributed by atoms with E-state index in [9.17, 15) is 0 Å². The molecule has 8 aromatic carbocycles. The first-order valence-electron chi connectivity index (χ1n) is 19.8. The van der Waals surface area contributed by atoms with Gasteiger partial charge in [-0.25, -0.2) is 0 Å². The van der Waals surface area contributed by atoms with Crippen molar-refractivity contribution in [1.29, 1.82) is 0 Å². The van der Waals surface area contributed by atoms with Crippen LogP contribution in [0.5, 0.6) is 0 Å². The van der Waals surface area contributed by atoms with Gasteiger partial charge in [-0.2, -0.15) is 0 Å². The second-order valence-electron chi connectivity index (χ2n) is 16.6. The summed E-state index contributed by atoms with van der Waals surface area (Å²) in [5, 5.41) is 2.56. The molecule has 2 nitrogen and oxygen atoms in total. The standard InChI is InChI=1S/C54H42N2/c1-53(2)45-20-11-8-17-40(45)41-31-27-36(33-47(41)53)35-25-28-38(29-26-35)55(37-15-6-5-7-16-37)39-30-32-44-48(34-39)54(3,4)46-21-14-24-51(52(44)46)56-49-22-12-9-18-42(49)43-19-10-13-23-50(43)56/h5-34H,1-4H3. The maximum Gasteiger partial charge on any atom is 0.0543 e. The fourth-order valence-corrected chi connectivity index (χ4v) is 9.98. The predicted molar refractivity (Wildman–Crippen MR) is 236 cm³/mol. The smallest absolute Gasteiger partial charge is 0.0543 e. The van der Waals surface area contributed by atoms with Gasteiger partial charge in [0, 0.05) is 44.2 Å². The number of hydrogen-bond donors (Lipinski definition) is 0. The Morgan fingerprint density at radius 1 is 0.375 bits per heavy atom. The summed E-state index contributed by atoms with van der Waals surface area (Å²) in [6.07, 6.45) is 0. The minimum Gasteiger partial charge on any atom is -0.310 e. The normalized spacial score (nSPS) is 14.4. The minimum atomic E-state index is -0.192. The Balaban J connectivity index is 1.02. The van der Waals surface area contributed by atoms with Crippen LogP contribution < -0.4 is 4.90 Å². The van der Waals surface area contributed by atoms with Crippen LogP contribution >= 0.6 is 0 Å². The third-order valence-electron chi connectivity index (χ3n) is 12.8. The van der Waals surface area contributed by atoms with Gasteiger partial charge in [-0.1, -0.05) is 149 Å². The largest absolute Gasteiger partial charge is 0.310 e. The van der Waals surface area contributed by atoms with Crippen molar-refractivity contribution < 1.29 is 0 Å². The molecule has 11 rings (SSSR count). The van der Waals surface area contributed by atoms with Gasteiger partial charge in [0.1, 0.15) is 0 Å². The Kier molecular flexibility index (Phi) is 6.98. The minimum absolute atomic E-state index is 0.0305. The summed E-state index contributed by atoms with van der Waals surface area (Å²) in [4.78, 5) is 2.40. The number of nitrogens with zero attached hydrogens (tertiary/aromatic N) is 2. The second-order valence-corrected chi connectivity index (χ2v) is 16.6. The number of benzene rings is 8. The van der Waals surface area contributed by atoms with Crippen molar-refractivity contribution in [2.45, 2.75) is 38.5 Å². The molecule has 1 heterocycles. The fraction of sp³-hybridized carbons (Fsp3) is 0.111. The topological polar surface area (TPSA) is 8.17 Å². The molecule has 0 amide bonds. The highest BCUT2D eigenvalue weighted by Crippen LogP contribution is 2.54. The lowest BCUT2D eigenvalue weighted by atomic mass is 9.81. The Morgan fingerprint density at radius 2 is 0.911 bits per heavy atom. The molecule has 0 fully saturated rings. The second kappa shape index (κ2) is 11.9. The third kappa shape index (κ3) is 4.62. The summed E-state index contributed by atoms with van der Waals surface area (Å²) in [6.45, 7) is 9.47. The molecule has 0 saturated carbocycles. The van der Waals surface area contributed by atoms with E-state index in [0.29, 0.717) is 0 Å². The van der Waals surface area contributed by atoms with E-state index in [1.54, 1.807) is 0 Å². The molecular formula is C54H42N2. The first-order chi connectivity index (χ1) is 27.3. The average molecular weight is 719 g/mol. The van der Waals surface area contributed by atoms with Crippen LogP contribution in [0.15, 0.2) is 182 Å². The number of fused-ring (bicyclic) bond motifs is 9. The molecule has 2 aliphatic carbocycles. The van der Waals surface area contributed by atoms with Crippen LogP contribution in [-0.4, -0.2) is 4.57 Å². The third-order valence-corrected chi connectivity index (χ3v) is 12.8. The van der Waals surface area contributed by atoms with Crippen molar-refractivity contribution in [3.05, 3.63) is 204 Å². The molecule has 1 aromatic heterocycles. The Hall–Kier alpha value is -6.64. The molecular weight excluding hydrogens is 677 g/mol. The molecule has 0 unspecified atom stereocenters. The number of anilines is 3. The van der Waals surface area contributed by atoms with Crippen LogP contribution in [0, 0.1) is 0 Å². The van der Waals surface area contributed by atoms with Crippen molar-refractivity contribution in [3.8, 4) is 39.1 Å². The van der Waals surface area contributed by atoms with Crippen LogP contribution in [0.3, 0.4) is 0 Å². The Morgan fingerprint density at radius 3 is 1.66 bits per heavy atom. The monoisotopic (exact) mass is 718 g/mol. The zero-order valence-electron chi connectivity index (χ0n) is 32.2. The quantitative estimate of drug-likeness (QED) is 0.172. The van der Waals surface area contributed by atoms with Crippen LogP contribution in [0.4, 0.5) is 17.1 Å². The zero-order valence-corrected chi connectivity index (χ0v) is 32.2. The molecule has 2 heteroatoms. The van der Waals surface area contributed by atoms with Gasteiger partial charge in [0.15, 0.2) is 0 Å².